The van der Waals surface area contributed by atoms with E-state index in [9.17, 15) is 14.4 Å². The van der Waals surface area contributed by atoms with Crippen molar-refractivity contribution < 1.29 is 19.1 Å². The lowest BCUT2D eigenvalue weighted by Gasteiger charge is -2.22. The fourth-order valence-electron chi connectivity index (χ4n) is 4.59. The quantitative estimate of drug-likeness (QED) is 0.658. The van der Waals surface area contributed by atoms with Crippen molar-refractivity contribution in [3.63, 3.8) is 0 Å². The normalized spacial score (nSPS) is 25.1. The smallest absolute Gasteiger partial charge is 0.234 e. The summed E-state index contributed by atoms with van der Waals surface area (Å²) in [5.41, 5.74) is 1.15. The van der Waals surface area contributed by atoms with Gasteiger partial charge >= 0.3 is 0 Å². The van der Waals surface area contributed by atoms with Gasteiger partial charge in [-0.05, 0) is 30.5 Å². The number of benzene rings is 1. The fraction of sp³-hybridized carbons (Fsp3) is 0.571. The van der Waals surface area contributed by atoms with Crippen LogP contribution in [0.2, 0.25) is 0 Å². The summed E-state index contributed by atoms with van der Waals surface area (Å²) in [6, 6.07) is 7.88. The Bertz CT molecular complexity index is 739. The van der Waals surface area contributed by atoms with E-state index in [1.54, 1.807) is 7.11 Å². The van der Waals surface area contributed by atoms with Gasteiger partial charge in [-0.3, -0.25) is 24.2 Å². The molecule has 0 spiro atoms. The van der Waals surface area contributed by atoms with E-state index in [4.69, 9.17) is 4.74 Å². The van der Waals surface area contributed by atoms with Gasteiger partial charge in [-0.25, -0.2) is 0 Å². The number of fused-ring (bicyclic) bond motifs is 1. The Balaban J connectivity index is 1.29. The summed E-state index contributed by atoms with van der Waals surface area (Å²) in [4.78, 5) is 42.6. The van der Waals surface area contributed by atoms with Gasteiger partial charge in [0, 0.05) is 45.7 Å². The minimum atomic E-state index is -0.223. The lowest BCUT2D eigenvalue weighted by atomic mass is 10.00. The fourth-order valence-corrected chi connectivity index (χ4v) is 4.59. The van der Waals surface area contributed by atoms with Crippen LogP contribution in [0.5, 0.6) is 5.75 Å². The van der Waals surface area contributed by atoms with Crippen LogP contribution in [0, 0.1) is 11.8 Å². The van der Waals surface area contributed by atoms with E-state index >= 15 is 0 Å². The molecule has 3 saturated heterocycles. The number of carbonyl (C=O) groups is 3. The third kappa shape index (κ3) is 3.63. The van der Waals surface area contributed by atoms with Gasteiger partial charge in [-0.1, -0.05) is 12.1 Å². The maximum Gasteiger partial charge on any atom is 0.234 e. The molecule has 7 nitrogen and oxygen atoms in total. The Morgan fingerprint density at radius 3 is 2.25 bits per heavy atom. The predicted octanol–water partition coefficient (Wildman–Crippen LogP) is 1.12. The van der Waals surface area contributed by atoms with Crippen molar-refractivity contribution in [2.24, 2.45) is 11.8 Å². The van der Waals surface area contributed by atoms with E-state index in [-0.39, 0.29) is 29.6 Å². The summed E-state index contributed by atoms with van der Waals surface area (Å²) in [6.07, 6.45) is 2.20. The van der Waals surface area contributed by atoms with Crippen LogP contribution >= 0.6 is 0 Å². The third-order valence-electron chi connectivity index (χ3n) is 6.11. The number of likely N-dealkylation sites (tertiary alicyclic amines) is 3. The molecule has 3 aliphatic heterocycles. The molecule has 0 aliphatic carbocycles. The summed E-state index contributed by atoms with van der Waals surface area (Å²) in [6.45, 7) is 3.84. The van der Waals surface area contributed by atoms with E-state index in [0.29, 0.717) is 39.0 Å². The molecule has 0 unspecified atom stereocenters. The van der Waals surface area contributed by atoms with Gasteiger partial charge in [0.15, 0.2) is 0 Å². The highest BCUT2D eigenvalue weighted by molar-refractivity contribution is 6.05. The van der Waals surface area contributed by atoms with Crippen molar-refractivity contribution in [3.8, 4) is 5.75 Å². The molecular formula is C21H27N3O4. The van der Waals surface area contributed by atoms with Gasteiger partial charge in [0.05, 0.1) is 18.9 Å². The van der Waals surface area contributed by atoms with Gasteiger partial charge in [-0.2, -0.15) is 0 Å². The summed E-state index contributed by atoms with van der Waals surface area (Å²) >= 11 is 0. The van der Waals surface area contributed by atoms with Crippen molar-refractivity contribution in [3.05, 3.63) is 29.8 Å². The van der Waals surface area contributed by atoms with Crippen LogP contribution < -0.4 is 4.74 Å². The highest BCUT2D eigenvalue weighted by Gasteiger charge is 2.51. The van der Waals surface area contributed by atoms with Gasteiger partial charge < -0.3 is 9.64 Å². The molecule has 3 aliphatic rings. The minimum Gasteiger partial charge on any atom is -0.497 e. The van der Waals surface area contributed by atoms with Crippen molar-refractivity contribution in [2.45, 2.75) is 25.8 Å². The first-order chi connectivity index (χ1) is 13.6. The average molecular weight is 385 g/mol. The molecule has 0 saturated carbocycles. The molecule has 1 aromatic rings. The molecule has 7 heteroatoms. The Morgan fingerprint density at radius 2 is 1.68 bits per heavy atom. The number of imide groups is 1. The summed E-state index contributed by atoms with van der Waals surface area (Å²) in [7, 11) is 1.64. The average Bonchev–Trinajstić information content (AvgIpc) is 3.36. The number of carbonyl (C=O) groups excluding carboxylic acids is 3. The van der Waals surface area contributed by atoms with Crippen molar-refractivity contribution in [1.82, 2.24) is 14.7 Å². The zero-order chi connectivity index (χ0) is 19.7. The topological polar surface area (TPSA) is 70.2 Å². The molecule has 3 heterocycles. The largest absolute Gasteiger partial charge is 0.497 e. The number of methoxy groups -OCH3 is 1. The standard InChI is InChI=1S/C21H27N3O4/c1-28-16-7-5-15(6-8-16)12-22-13-17-18(14-22)21(27)24(20(17)26)11-3-10-23-9-2-4-19(23)25/h5-8,17-18H,2-4,9-14H2,1H3/t17-,18+. The second-order valence-corrected chi connectivity index (χ2v) is 7.92. The highest BCUT2D eigenvalue weighted by atomic mass is 16.5. The van der Waals surface area contributed by atoms with E-state index in [1.165, 1.54) is 4.90 Å². The molecular weight excluding hydrogens is 358 g/mol. The van der Waals surface area contributed by atoms with E-state index in [1.807, 2.05) is 29.2 Å². The summed E-state index contributed by atoms with van der Waals surface area (Å²) in [5, 5.41) is 0. The Hall–Kier alpha value is -2.41. The first-order valence-corrected chi connectivity index (χ1v) is 10.0. The maximum absolute atomic E-state index is 12.8. The number of nitrogens with zero attached hydrogens (tertiary/aromatic N) is 3. The molecule has 0 radical (unpaired) electrons. The Kier molecular flexibility index (Phi) is 5.35. The Morgan fingerprint density at radius 1 is 1.00 bits per heavy atom. The van der Waals surface area contributed by atoms with E-state index in [0.717, 1.165) is 30.8 Å². The van der Waals surface area contributed by atoms with Crippen LogP contribution in [0.1, 0.15) is 24.8 Å². The SMILES string of the molecule is COc1ccc(CN2C[C@@H]3C(=O)N(CCCN4CCCC4=O)C(=O)[C@@H]3C2)cc1. The second-order valence-electron chi connectivity index (χ2n) is 7.92. The Labute approximate surface area is 165 Å². The first-order valence-electron chi connectivity index (χ1n) is 10.0. The number of rotatable bonds is 7. The van der Waals surface area contributed by atoms with Crippen LogP contribution in [-0.2, 0) is 20.9 Å². The zero-order valence-corrected chi connectivity index (χ0v) is 16.3. The third-order valence-corrected chi connectivity index (χ3v) is 6.11. The van der Waals surface area contributed by atoms with Gasteiger partial charge in [0.2, 0.25) is 17.7 Å². The summed E-state index contributed by atoms with van der Waals surface area (Å²) in [5.74, 6) is 0.474. The molecule has 0 aromatic heterocycles. The van der Waals surface area contributed by atoms with Crippen LogP contribution in [-0.4, -0.2) is 72.3 Å². The first kappa shape index (κ1) is 18.9. The minimum absolute atomic E-state index is 0.0417. The lowest BCUT2D eigenvalue weighted by Crippen LogP contribution is -2.38. The van der Waals surface area contributed by atoms with Gasteiger partial charge in [0.1, 0.15) is 5.75 Å². The molecule has 3 amide bonds. The predicted molar refractivity (Wildman–Crippen MR) is 102 cm³/mol. The van der Waals surface area contributed by atoms with Crippen LogP contribution in [0.4, 0.5) is 0 Å². The van der Waals surface area contributed by atoms with Crippen molar-refractivity contribution >= 4 is 17.7 Å². The molecule has 150 valence electrons. The maximum atomic E-state index is 12.8. The van der Waals surface area contributed by atoms with Crippen LogP contribution in [0.15, 0.2) is 24.3 Å². The van der Waals surface area contributed by atoms with E-state index < -0.39 is 0 Å². The zero-order valence-electron chi connectivity index (χ0n) is 16.3. The number of hydrogen-bond donors (Lipinski definition) is 0. The van der Waals surface area contributed by atoms with Gasteiger partial charge in [-0.15, -0.1) is 0 Å². The van der Waals surface area contributed by atoms with Gasteiger partial charge in [0.25, 0.3) is 0 Å². The highest BCUT2D eigenvalue weighted by Crippen LogP contribution is 2.34. The molecule has 4 rings (SSSR count). The molecule has 0 N–H and O–H groups in total. The summed E-state index contributed by atoms with van der Waals surface area (Å²) < 4.78 is 5.18. The van der Waals surface area contributed by atoms with Crippen LogP contribution in [0.25, 0.3) is 0 Å². The monoisotopic (exact) mass is 385 g/mol. The van der Waals surface area contributed by atoms with Crippen molar-refractivity contribution in [1.29, 1.82) is 0 Å². The molecule has 1 aromatic carbocycles. The number of hydrogen-bond acceptors (Lipinski definition) is 5. The van der Waals surface area contributed by atoms with Crippen LogP contribution in [0.3, 0.4) is 0 Å². The molecule has 28 heavy (non-hydrogen) atoms. The number of ether oxygens (including phenoxy) is 1. The molecule has 3 fully saturated rings. The van der Waals surface area contributed by atoms with Crippen molar-refractivity contribution in [2.75, 3.05) is 39.8 Å². The second kappa shape index (κ2) is 7.91. The van der Waals surface area contributed by atoms with E-state index in [2.05, 4.69) is 4.90 Å². The lowest BCUT2D eigenvalue weighted by molar-refractivity contribution is -0.140. The molecule has 0 bridgehead atoms. The molecule has 2 atom stereocenters. The number of amides is 3.